The van der Waals surface area contributed by atoms with Crippen LogP contribution in [0.2, 0.25) is 5.22 Å². The molecule has 4 heteroatoms. The molecule has 0 bridgehead atoms. The van der Waals surface area contributed by atoms with Crippen LogP contribution in [-0.4, -0.2) is 14.2 Å². The van der Waals surface area contributed by atoms with Crippen molar-refractivity contribution in [2.45, 2.75) is 19.9 Å². The van der Waals surface area contributed by atoms with Gasteiger partial charge in [0.2, 0.25) is 0 Å². The maximum absolute atomic E-state index is 6.09. The van der Waals surface area contributed by atoms with Gasteiger partial charge in [0.05, 0.1) is 19.4 Å². The van der Waals surface area contributed by atoms with Crippen molar-refractivity contribution in [1.29, 1.82) is 0 Å². The zero-order valence-corrected chi connectivity index (χ0v) is 12.3. The lowest BCUT2D eigenvalue weighted by molar-refractivity contribution is 0.404. The monoisotopic (exact) mass is 279 g/mol. The molecule has 0 radical (unpaired) electrons. The van der Waals surface area contributed by atoms with Gasteiger partial charge in [0.1, 0.15) is 5.75 Å². The van der Waals surface area contributed by atoms with Crippen molar-refractivity contribution in [3.05, 3.63) is 51.9 Å². The second-order valence-corrected chi connectivity index (χ2v) is 4.91. The Bertz CT molecular complexity index is 578. The maximum atomic E-state index is 6.09. The van der Waals surface area contributed by atoms with Gasteiger partial charge in [0, 0.05) is 11.1 Å². The third kappa shape index (κ3) is 2.62. The number of benzene rings is 1. The molecule has 1 atom stereocenters. The highest BCUT2D eigenvalue weighted by Crippen LogP contribution is 2.36. The number of furan rings is 1. The molecule has 2 rings (SSSR count). The first-order valence-electron chi connectivity index (χ1n) is 6.13. The van der Waals surface area contributed by atoms with Crippen LogP contribution in [0, 0.1) is 13.8 Å². The minimum atomic E-state index is -0.0539. The Kier molecular flexibility index (Phi) is 4.17. The molecule has 1 aromatic heterocycles. The Morgan fingerprint density at radius 2 is 2.05 bits per heavy atom. The molecule has 1 N–H and O–H groups in total. The van der Waals surface area contributed by atoms with E-state index < -0.39 is 0 Å². The predicted octanol–water partition coefficient (Wildman–Crippen LogP) is 3.87. The van der Waals surface area contributed by atoms with Crippen molar-refractivity contribution < 1.29 is 9.15 Å². The summed E-state index contributed by atoms with van der Waals surface area (Å²) in [5.74, 6) is 0.856. The van der Waals surface area contributed by atoms with Gasteiger partial charge in [0.25, 0.3) is 0 Å². The zero-order valence-electron chi connectivity index (χ0n) is 11.6. The summed E-state index contributed by atoms with van der Waals surface area (Å²) in [7, 11) is 3.58. The number of hydrogen-bond donors (Lipinski definition) is 1. The van der Waals surface area contributed by atoms with Gasteiger partial charge >= 0.3 is 0 Å². The van der Waals surface area contributed by atoms with E-state index in [1.807, 2.05) is 19.2 Å². The number of methoxy groups -OCH3 is 1. The van der Waals surface area contributed by atoms with Crippen molar-refractivity contribution in [3.8, 4) is 5.75 Å². The lowest BCUT2D eigenvalue weighted by atomic mass is 9.94. The van der Waals surface area contributed by atoms with Crippen LogP contribution in [0.5, 0.6) is 5.75 Å². The summed E-state index contributed by atoms with van der Waals surface area (Å²) in [6.45, 7) is 4.13. The fourth-order valence-corrected chi connectivity index (χ4v) is 2.67. The topological polar surface area (TPSA) is 34.4 Å². The van der Waals surface area contributed by atoms with E-state index >= 15 is 0 Å². The van der Waals surface area contributed by atoms with Gasteiger partial charge in [-0.2, -0.15) is 0 Å². The van der Waals surface area contributed by atoms with E-state index in [1.54, 1.807) is 13.4 Å². The number of hydrogen-bond acceptors (Lipinski definition) is 3. The first kappa shape index (κ1) is 14.0. The molecule has 0 amide bonds. The molecule has 19 heavy (non-hydrogen) atoms. The molecule has 0 saturated carbocycles. The van der Waals surface area contributed by atoms with Crippen molar-refractivity contribution >= 4 is 11.6 Å². The third-order valence-corrected chi connectivity index (χ3v) is 3.55. The Morgan fingerprint density at radius 1 is 1.32 bits per heavy atom. The summed E-state index contributed by atoms with van der Waals surface area (Å²) in [5, 5.41) is 3.68. The van der Waals surface area contributed by atoms with Crippen molar-refractivity contribution in [2.75, 3.05) is 14.2 Å². The summed E-state index contributed by atoms with van der Waals surface area (Å²) in [6.07, 6.45) is 1.60. The smallest absolute Gasteiger partial charge is 0.198 e. The average molecular weight is 280 g/mol. The van der Waals surface area contributed by atoms with Gasteiger partial charge in [-0.15, -0.1) is 0 Å². The summed E-state index contributed by atoms with van der Waals surface area (Å²) in [4.78, 5) is 0. The summed E-state index contributed by atoms with van der Waals surface area (Å²) >= 11 is 6.09. The zero-order chi connectivity index (χ0) is 14.0. The Labute approximate surface area is 118 Å². The average Bonchev–Trinajstić information content (AvgIpc) is 2.78. The lowest BCUT2D eigenvalue weighted by Gasteiger charge is -2.21. The van der Waals surface area contributed by atoms with Crippen molar-refractivity contribution in [1.82, 2.24) is 5.32 Å². The SMILES string of the molecule is CNC(c1ccoc1Cl)c1c(C)cc(C)cc1OC. The van der Waals surface area contributed by atoms with E-state index in [-0.39, 0.29) is 6.04 Å². The molecule has 0 aliphatic carbocycles. The van der Waals surface area contributed by atoms with E-state index in [1.165, 1.54) is 5.56 Å². The van der Waals surface area contributed by atoms with Crippen LogP contribution in [0.3, 0.4) is 0 Å². The van der Waals surface area contributed by atoms with Crippen LogP contribution in [0.15, 0.2) is 28.9 Å². The summed E-state index contributed by atoms with van der Waals surface area (Å²) in [5.41, 5.74) is 4.33. The largest absolute Gasteiger partial charge is 0.496 e. The molecule has 0 fully saturated rings. The first-order chi connectivity index (χ1) is 9.08. The second kappa shape index (κ2) is 5.68. The molecule has 0 saturated heterocycles. The van der Waals surface area contributed by atoms with Gasteiger partial charge in [-0.3, -0.25) is 0 Å². The van der Waals surface area contributed by atoms with Gasteiger partial charge in [0.15, 0.2) is 5.22 Å². The normalized spacial score (nSPS) is 12.5. The van der Waals surface area contributed by atoms with E-state index in [0.29, 0.717) is 5.22 Å². The molecule has 1 heterocycles. The van der Waals surface area contributed by atoms with E-state index in [2.05, 4.69) is 25.2 Å². The minimum Gasteiger partial charge on any atom is -0.496 e. The first-order valence-corrected chi connectivity index (χ1v) is 6.51. The Morgan fingerprint density at radius 3 is 2.58 bits per heavy atom. The Balaban J connectivity index is 2.59. The van der Waals surface area contributed by atoms with Crippen molar-refractivity contribution in [3.63, 3.8) is 0 Å². The minimum absolute atomic E-state index is 0.0539. The van der Waals surface area contributed by atoms with Crippen LogP contribution in [0.1, 0.15) is 28.3 Å². The van der Waals surface area contributed by atoms with Crippen LogP contribution < -0.4 is 10.1 Å². The standard InChI is InChI=1S/C15H18ClNO2/c1-9-7-10(2)13(12(8-9)18-4)14(17-3)11-5-6-19-15(11)16/h5-8,14,17H,1-4H3. The summed E-state index contributed by atoms with van der Waals surface area (Å²) < 4.78 is 10.7. The Hall–Kier alpha value is -1.45. The number of aryl methyl sites for hydroxylation is 2. The highest BCUT2D eigenvalue weighted by Gasteiger charge is 2.22. The van der Waals surface area contributed by atoms with Crippen LogP contribution >= 0.6 is 11.6 Å². The highest BCUT2D eigenvalue weighted by atomic mass is 35.5. The molecule has 1 aromatic carbocycles. The maximum Gasteiger partial charge on any atom is 0.198 e. The second-order valence-electron chi connectivity index (χ2n) is 4.57. The number of halogens is 1. The fraction of sp³-hybridized carbons (Fsp3) is 0.333. The summed E-state index contributed by atoms with van der Waals surface area (Å²) in [6, 6.07) is 5.99. The molecule has 0 spiro atoms. The molecule has 1 unspecified atom stereocenters. The predicted molar refractivity (Wildman–Crippen MR) is 77.1 cm³/mol. The molecule has 0 aliphatic heterocycles. The molecule has 0 aliphatic rings. The highest BCUT2D eigenvalue weighted by molar-refractivity contribution is 6.29. The van der Waals surface area contributed by atoms with Gasteiger partial charge in [-0.1, -0.05) is 6.07 Å². The molecular formula is C15H18ClNO2. The van der Waals surface area contributed by atoms with E-state index in [0.717, 1.165) is 22.4 Å². The molecule has 102 valence electrons. The number of rotatable bonds is 4. The molecule has 3 nitrogen and oxygen atoms in total. The van der Waals surface area contributed by atoms with Crippen LogP contribution in [-0.2, 0) is 0 Å². The quantitative estimate of drug-likeness (QED) is 0.923. The third-order valence-electron chi connectivity index (χ3n) is 3.25. The molecular weight excluding hydrogens is 262 g/mol. The number of ether oxygens (including phenoxy) is 1. The van der Waals surface area contributed by atoms with E-state index in [4.69, 9.17) is 20.8 Å². The van der Waals surface area contributed by atoms with E-state index in [9.17, 15) is 0 Å². The van der Waals surface area contributed by atoms with Gasteiger partial charge < -0.3 is 14.5 Å². The lowest BCUT2D eigenvalue weighted by Crippen LogP contribution is -2.19. The fourth-order valence-electron chi connectivity index (χ4n) is 2.44. The van der Waals surface area contributed by atoms with Crippen molar-refractivity contribution in [2.24, 2.45) is 0 Å². The van der Waals surface area contributed by atoms with Crippen LogP contribution in [0.4, 0.5) is 0 Å². The van der Waals surface area contributed by atoms with Crippen LogP contribution in [0.25, 0.3) is 0 Å². The van der Waals surface area contributed by atoms with Gasteiger partial charge in [-0.05, 0) is 55.8 Å². The number of nitrogens with one attached hydrogen (secondary N) is 1. The van der Waals surface area contributed by atoms with Gasteiger partial charge in [-0.25, -0.2) is 0 Å². The molecule has 2 aromatic rings.